The van der Waals surface area contributed by atoms with Crippen molar-refractivity contribution in [1.82, 2.24) is 9.55 Å². The monoisotopic (exact) mass is 246 g/mol. The second-order valence-corrected chi connectivity index (χ2v) is 5.42. The molecule has 0 saturated heterocycles. The van der Waals surface area contributed by atoms with Gasteiger partial charge in [0.2, 0.25) is 0 Å². The molecule has 1 heterocycles. The highest BCUT2D eigenvalue weighted by atomic mass is 35.5. The van der Waals surface area contributed by atoms with E-state index in [1.54, 1.807) is 11.8 Å². The summed E-state index contributed by atoms with van der Waals surface area (Å²) in [4.78, 5) is 25.4. The van der Waals surface area contributed by atoms with Gasteiger partial charge in [-0.25, -0.2) is 4.79 Å². The summed E-state index contributed by atoms with van der Waals surface area (Å²) in [5.74, 6) is 0. The van der Waals surface area contributed by atoms with E-state index in [4.69, 9.17) is 11.6 Å². The molecule has 1 aliphatic carbocycles. The second-order valence-electron chi connectivity index (χ2n) is 3.73. The van der Waals surface area contributed by atoms with Gasteiger partial charge in [0.15, 0.2) is 0 Å². The minimum atomic E-state index is -0.423. The van der Waals surface area contributed by atoms with Crippen molar-refractivity contribution in [3.63, 3.8) is 0 Å². The Labute approximate surface area is 95.6 Å². The zero-order chi connectivity index (χ0) is 11.1. The molecule has 1 saturated carbocycles. The summed E-state index contributed by atoms with van der Waals surface area (Å²) in [5, 5.41) is 0.0928. The number of hydrogen-bond acceptors (Lipinski definition) is 3. The molecular weight excluding hydrogens is 236 g/mol. The van der Waals surface area contributed by atoms with Crippen molar-refractivity contribution >= 4 is 23.4 Å². The second kappa shape index (κ2) is 3.72. The first-order chi connectivity index (χ1) is 7.06. The molecule has 1 N–H and O–H groups in total. The maximum atomic E-state index is 11.5. The Balaban J connectivity index is 2.37. The van der Waals surface area contributed by atoms with E-state index in [9.17, 15) is 9.59 Å². The summed E-state index contributed by atoms with van der Waals surface area (Å²) >= 11 is 7.28. The van der Waals surface area contributed by atoms with E-state index in [2.05, 4.69) is 4.98 Å². The lowest BCUT2D eigenvalue weighted by Crippen LogP contribution is -2.37. The van der Waals surface area contributed by atoms with Crippen LogP contribution in [0, 0.1) is 0 Å². The number of halogens is 1. The molecule has 0 aliphatic heterocycles. The molecule has 6 heteroatoms. The van der Waals surface area contributed by atoms with Gasteiger partial charge >= 0.3 is 5.69 Å². The predicted octanol–water partition coefficient (Wildman–Crippen LogP) is 1.09. The molecule has 0 spiro atoms. The van der Waals surface area contributed by atoms with Crippen LogP contribution in [0.3, 0.4) is 0 Å². The van der Waals surface area contributed by atoms with Gasteiger partial charge in [-0.3, -0.25) is 14.3 Å². The van der Waals surface area contributed by atoms with Crippen LogP contribution < -0.4 is 11.2 Å². The normalized spacial score (nSPS) is 17.7. The predicted molar refractivity (Wildman–Crippen MR) is 61.8 cm³/mol. The fourth-order valence-corrected chi connectivity index (χ4v) is 2.44. The third-order valence-electron chi connectivity index (χ3n) is 2.67. The topological polar surface area (TPSA) is 54.9 Å². The van der Waals surface area contributed by atoms with Gasteiger partial charge in [-0.15, -0.1) is 0 Å². The Morgan fingerprint density at radius 1 is 1.60 bits per heavy atom. The number of aromatic nitrogens is 2. The number of thioether (sulfide) groups is 1. The first kappa shape index (κ1) is 10.8. The lowest BCUT2D eigenvalue weighted by molar-refractivity contribution is 0.601. The summed E-state index contributed by atoms with van der Waals surface area (Å²) in [6.07, 6.45) is 4.12. The van der Waals surface area contributed by atoms with E-state index in [1.807, 2.05) is 6.26 Å². The first-order valence-corrected chi connectivity index (χ1v) is 6.21. The third-order valence-corrected chi connectivity index (χ3v) is 4.28. The summed E-state index contributed by atoms with van der Waals surface area (Å²) in [6.45, 7) is 0.472. The third kappa shape index (κ3) is 2.13. The van der Waals surface area contributed by atoms with Gasteiger partial charge in [0.05, 0.1) is 0 Å². The summed E-state index contributed by atoms with van der Waals surface area (Å²) in [5.41, 5.74) is -0.753. The molecule has 1 aromatic rings. The fraction of sp³-hybridized carbons (Fsp3) is 0.556. The van der Waals surface area contributed by atoms with Crippen molar-refractivity contribution in [2.45, 2.75) is 24.1 Å². The molecule has 0 radical (unpaired) electrons. The molecule has 15 heavy (non-hydrogen) atoms. The average molecular weight is 247 g/mol. The summed E-state index contributed by atoms with van der Waals surface area (Å²) < 4.78 is 1.31. The highest BCUT2D eigenvalue weighted by Gasteiger charge is 2.42. The molecule has 1 fully saturated rings. The van der Waals surface area contributed by atoms with Crippen molar-refractivity contribution in [3.05, 3.63) is 32.1 Å². The lowest BCUT2D eigenvalue weighted by atomic mass is 10.4. The zero-order valence-corrected chi connectivity index (χ0v) is 9.82. The number of nitrogens with one attached hydrogen (secondary N) is 1. The number of rotatable bonds is 3. The number of H-pyrrole nitrogens is 1. The Bertz CT molecular complexity index is 458. The van der Waals surface area contributed by atoms with Crippen LogP contribution in [0.5, 0.6) is 0 Å². The molecule has 2 rings (SSSR count). The molecule has 0 amide bonds. The molecule has 0 bridgehead atoms. The van der Waals surface area contributed by atoms with Crippen LogP contribution in [0.2, 0.25) is 5.15 Å². The lowest BCUT2D eigenvalue weighted by Gasteiger charge is -2.12. The van der Waals surface area contributed by atoms with Crippen LogP contribution in [0.15, 0.2) is 15.7 Å². The SMILES string of the molecule is CSC1(Cn2c(=O)cc(Cl)[nH]c2=O)CC1. The van der Waals surface area contributed by atoms with E-state index >= 15 is 0 Å². The Morgan fingerprint density at radius 3 is 2.73 bits per heavy atom. The van der Waals surface area contributed by atoms with Gasteiger partial charge in [-0.05, 0) is 19.1 Å². The zero-order valence-electron chi connectivity index (χ0n) is 8.25. The molecule has 82 valence electrons. The van der Waals surface area contributed by atoms with E-state index in [-0.39, 0.29) is 15.5 Å². The van der Waals surface area contributed by atoms with Crippen molar-refractivity contribution in [2.75, 3.05) is 6.26 Å². The van der Waals surface area contributed by atoms with Crippen LogP contribution in [0.4, 0.5) is 0 Å². The molecular formula is C9H11ClN2O2S. The summed E-state index contributed by atoms with van der Waals surface area (Å²) in [6, 6.07) is 1.24. The highest BCUT2D eigenvalue weighted by Crippen LogP contribution is 2.47. The first-order valence-electron chi connectivity index (χ1n) is 4.61. The molecule has 0 unspecified atom stereocenters. The highest BCUT2D eigenvalue weighted by molar-refractivity contribution is 8.00. The molecule has 1 aromatic heterocycles. The van der Waals surface area contributed by atoms with E-state index in [0.717, 1.165) is 12.8 Å². The van der Waals surface area contributed by atoms with E-state index < -0.39 is 5.69 Å². The van der Waals surface area contributed by atoms with Crippen LogP contribution in [0.1, 0.15) is 12.8 Å². The van der Waals surface area contributed by atoms with Crippen LogP contribution in [-0.2, 0) is 6.54 Å². The Kier molecular flexibility index (Phi) is 2.68. The van der Waals surface area contributed by atoms with Gasteiger partial charge in [0, 0.05) is 17.4 Å². The van der Waals surface area contributed by atoms with Gasteiger partial charge in [0.1, 0.15) is 5.15 Å². The van der Waals surface area contributed by atoms with Crippen LogP contribution in [0.25, 0.3) is 0 Å². The largest absolute Gasteiger partial charge is 0.329 e. The smallest absolute Gasteiger partial charge is 0.298 e. The molecule has 4 nitrogen and oxygen atoms in total. The standard InChI is InChI=1S/C9H11ClN2O2S/c1-15-9(2-3-9)5-12-7(13)4-6(10)11-8(12)14/h4H,2-3,5H2,1H3,(H,11,14). The number of hydrogen-bond donors (Lipinski definition) is 1. The van der Waals surface area contributed by atoms with Crippen molar-refractivity contribution in [2.24, 2.45) is 0 Å². The number of nitrogens with zero attached hydrogens (tertiary/aromatic N) is 1. The van der Waals surface area contributed by atoms with E-state index in [1.165, 1.54) is 10.6 Å². The summed E-state index contributed by atoms with van der Waals surface area (Å²) in [7, 11) is 0. The minimum absolute atomic E-state index is 0.0880. The van der Waals surface area contributed by atoms with Gasteiger partial charge < -0.3 is 0 Å². The minimum Gasteiger partial charge on any atom is -0.298 e. The van der Waals surface area contributed by atoms with Gasteiger partial charge in [0.25, 0.3) is 5.56 Å². The van der Waals surface area contributed by atoms with Crippen LogP contribution in [-0.4, -0.2) is 20.6 Å². The maximum Gasteiger partial charge on any atom is 0.329 e. The molecule has 1 aliphatic rings. The Morgan fingerprint density at radius 2 is 2.27 bits per heavy atom. The van der Waals surface area contributed by atoms with Crippen molar-refractivity contribution < 1.29 is 0 Å². The average Bonchev–Trinajstić information content (AvgIpc) is 2.92. The Hall–Kier alpha value is -0.680. The van der Waals surface area contributed by atoms with Crippen molar-refractivity contribution in [1.29, 1.82) is 0 Å². The van der Waals surface area contributed by atoms with Gasteiger partial charge in [-0.1, -0.05) is 11.6 Å². The fourth-order valence-electron chi connectivity index (χ4n) is 1.50. The van der Waals surface area contributed by atoms with Gasteiger partial charge in [-0.2, -0.15) is 11.8 Å². The molecule has 0 aromatic carbocycles. The number of aromatic amines is 1. The molecule has 0 atom stereocenters. The maximum absolute atomic E-state index is 11.5. The van der Waals surface area contributed by atoms with E-state index in [0.29, 0.717) is 6.54 Å². The quantitative estimate of drug-likeness (QED) is 0.813. The van der Waals surface area contributed by atoms with Crippen molar-refractivity contribution in [3.8, 4) is 0 Å². The van der Waals surface area contributed by atoms with Crippen LogP contribution >= 0.6 is 23.4 Å².